The molecular formula is C8H16ClN. The lowest BCUT2D eigenvalue weighted by Crippen LogP contribution is -2.39. The molecule has 0 amide bonds. The topological polar surface area (TPSA) is 3.24 Å². The van der Waals surface area contributed by atoms with Gasteiger partial charge in [0.2, 0.25) is 0 Å². The first-order valence-corrected chi connectivity index (χ1v) is 4.33. The highest BCUT2D eigenvalue weighted by atomic mass is 35.5. The van der Waals surface area contributed by atoms with Gasteiger partial charge in [0.15, 0.2) is 0 Å². The average molecular weight is 162 g/mol. The Morgan fingerprint density at radius 1 is 1.40 bits per heavy atom. The van der Waals surface area contributed by atoms with Gasteiger partial charge in [-0.2, -0.15) is 0 Å². The normalized spacial score (nSPS) is 29.4. The van der Waals surface area contributed by atoms with E-state index in [0.717, 1.165) is 19.5 Å². The fourth-order valence-corrected chi connectivity index (χ4v) is 1.59. The van der Waals surface area contributed by atoms with Crippen LogP contribution in [0.3, 0.4) is 0 Å². The summed E-state index contributed by atoms with van der Waals surface area (Å²) in [5.74, 6) is 0. The van der Waals surface area contributed by atoms with Crippen molar-refractivity contribution in [3.63, 3.8) is 0 Å². The van der Waals surface area contributed by atoms with E-state index in [1.807, 2.05) is 0 Å². The lowest BCUT2D eigenvalue weighted by molar-refractivity contribution is 0.175. The van der Waals surface area contributed by atoms with Crippen molar-refractivity contribution in [2.45, 2.75) is 38.1 Å². The van der Waals surface area contributed by atoms with E-state index in [1.165, 1.54) is 0 Å². The van der Waals surface area contributed by atoms with Crippen LogP contribution in [0.15, 0.2) is 0 Å². The van der Waals surface area contributed by atoms with E-state index < -0.39 is 0 Å². The highest BCUT2D eigenvalue weighted by Gasteiger charge is 2.28. The standard InChI is InChI=1S/C8H16ClN/c1-8(2,3)10-5-4-7(9)6-10/h7H,4-6H2,1-3H3/t7-/m1/s1. The third kappa shape index (κ3) is 1.86. The largest absolute Gasteiger partial charge is 0.297 e. The number of halogens is 1. The van der Waals surface area contributed by atoms with Crippen molar-refractivity contribution in [2.75, 3.05) is 13.1 Å². The minimum absolute atomic E-state index is 0.309. The van der Waals surface area contributed by atoms with Crippen LogP contribution < -0.4 is 0 Å². The zero-order valence-corrected chi connectivity index (χ0v) is 7.78. The minimum atomic E-state index is 0.309. The lowest BCUT2D eigenvalue weighted by Gasteiger charge is -2.31. The Kier molecular flexibility index (Phi) is 2.26. The van der Waals surface area contributed by atoms with Gasteiger partial charge in [-0.15, -0.1) is 11.6 Å². The summed E-state index contributed by atoms with van der Waals surface area (Å²) in [7, 11) is 0. The summed E-state index contributed by atoms with van der Waals surface area (Å²) in [6.45, 7) is 8.94. The van der Waals surface area contributed by atoms with E-state index in [2.05, 4.69) is 25.7 Å². The second kappa shape index (κ2) is 2.71. The summed E-state index contributed by atoms with van der Waals surface area (Å²) in [6, 6.07) is 0. The molecule has 1 fully saturated rings. The molecule has 0 spiro atoms. The predicted molar refractivity (Wildman–Crippen MR) is 45.6 cm³/mol. The predicted octanol–water partition coefficient (Wildman–Crippen LogP) is 2.10. The molecule has 0 aromatic rings. The summed E-state index contributed by atoms with van der Waals surface area (Å²) in [6.07, 6.45) is 1.15. The summed E-state index contributed by atoms with van der Waals surface area (Å²) in [5, 5.41) is 0.388. The zero-order chi connectivity index (χ0) is 7.78. The van der Waals surface area contributed by atoms with Gasteiger partial charge in [0, 0.05) is 24.0 Å². The van der Waals surface area contributed by atoms with E-state index in [9.17, 15) is 0 Å². The van der Waals surface area contributed by atoms with E-state index in [1.54, 1.807) is 0 Å². The van der Waals surface area contributed by atoms with Gasteiger partial charge in [-0.25, -0.2) is 0 Å². The van der Waals surface area contributed by atoms with Crippen molar-refractivity contribution < 1.29 is 0 Å². The number of hydrogen-bond acceptors (Lipinski definition) is 1. The molecule has 10 heavy (non-hydrogen) atoms. The molecule has 1 nitrogen and oxygen atoms in total. The Bertz CT molecular complexity index is 117. The van der Waals surface area contributed by atoms with Crippen LogP contribution in [0.25, 0.3) is 0 Å². The molecule has 0 aromatic carbocycles. The van der Waals surface area contributed by atoms with E-state index in [4.69, 9.17) is 11.6 Å². The van der Waals surface area contributed by atoms with Crippen LogP contribution >= 0.6 is 11.6 Å². The molecule has 1 aliphatic heterocycles. The second-order valence-electron chi connectivity index (χ2n) is 4.00. The number of nitrogens with zero attached hydrogens (tertiary/aromatic N) is 1. The number of alkyl halides is 1. The first kappa shape index (κ1) is 8.35. The summed E-state index contributed by atoms with van der Waals surface area (Å²) in [4.78, 5) is 2.44. The monoisotopic (exact) mass is 161 g/mol. The third-order valence-corrected chi connectivity index (χ3v) is 2.44. The Labute approximate surface area is 68.4 Å². The van der Waals surface area contributed by atoms with Crippen molar-refractivity contribution in [1.82, 2.24) is 4.90 Å². The van der Waals surface area contributed by atoms with E-state index >= 15 is 0 Å². The highest BCUT2D eigenvalue weighted by molar-refractivity contribution is 6.20. The summed E-state index contributed by atoms with van der Waals surface area (Å²) < 4.78 is 0. The maximum Gasteiger partial charge on any atom is 0.0475 e. The molecule has 0 radical (unpaired) electrons. The van der Waals surface area contributed by atoms with Crippen molar-refractivity contribution in [2.24, 2.45) is 0 Å². The second-order valence-corrected chi connectivity index (χ2v) is 4.62. The SMILES string of the molecule is CC(C)(C)N1CC[C@@H](Cl)C1. The van der Waals surface area contributed by atoms with Crippen LogP contribution in [0.1, 0.15) is 27.2 Å². The van der Waals surface area contributed by atoms with Gasteiger partial charge in [-0.05, 0) is 27.2 Å². The Morgan fingerprint density at radius 3 is 2.20 bits per heavy atom. The maximum atomic E-state index is 5.97. The van der Waals surface area contributed by atoms with Crippen LogP contribution in [-0.2, 0) is 0 Å². The Hall–Kier alpha value is 0.250. The quantitative estimate of drug-likeness (QED) is 0.492. The molecule has 0 bridgehead atoms. The van der Waals surface area contributed by atoms with Crippen molar-refractivity contribution in [3.05, 3.63) is 0 Å². The van der Waals surface area contributed by atoms with E-state index in [-0.39, 0.29) is 0 Å². The van der Waals surface area contributed by atoms with Gasteiger partial charge < -0.3 is 0 Å². The molecule has 1 aliphatic rings. The molecule has 1 rings (SSSR count). The third-order valence-electron chi connectivity index (χ3n) is 2.08. The van der Waals surface area contributed by atoms with E-state index in [0.29, 0.717) is 10.9 Å². The molecule has 2 heteroatoms. The molecule has 1 atom stereocenters. The summed E-state index contributed by atoms with van der Waals surface area (Å²) >= 11 is 5.97. The molecule has 0 unspecified atom stereocenters. The van der Waals surface area contributed by atoms with Crippen molar-refractivity contribution >= 4 is 11.6 Å². The van der Waals surface area contributed by atoms with Crippen LogP contribution in [0.2, 0.25) is 0 Å². The summed E-state index contributed by atoms with van der Waals surface area (Å²) in [5.41, 5.74) is 0.309. The Balaban J connectivity index is 2.45. The fraction of sp³-hybridized carbons (Fsp3) is 1.00. The number of likely N-dealkylation sites (tertiary alicyclic amines) is 1. The van der Waals surface area contributed by atoms with Crippen LogP contribution in [0.5, 0.6) is 0 Å². The van der Waals surface area contributed by atoms with Crippen LogP contribution in [0.4, 0.5) is 0 Å². The molecule has 1 saturated heterocycles. The molecule has 0 aliphatic carbocycles. The van der Waals surface area contributed by atoms with Crippen molar-refractivity contribution in [3.8, 4) is 0 Å². The molecular weight excluding hydrogens is 146 g/mol. The Morgan fingerprint density at radius 2 is 2.00 bits per heavy atom. The van der Waals surface area contributed by atoms with Crippen molar-refractivity contribution in [1.29, 1.82) is 0 Å². The van der Waals surface area contributed by atoms with Gasteiger partial charge in [0.25, 0.3) is 0 Å². The van der Waals surface area contributed by atoms with Crippen LogP contribution in [0, 0.1) is 0 Å². The highest BCUT2D eigenvalue weighted by Crippen LogP contribution is 2.22. The number of rotatable bonds is 0. The fourth-order valence-electron chi connectivity index (χ4n) is 1.33. The van der Waals surface area contributed by atoms with Gasteiger partial charge in [0.1, 0.15) is 0 Å². The molecule has 0 aromatic heterocycles. The lowest BCUT2D eigenvalue weighted by atomic mass is 10.1. The molecule has 60 valence electrons. The van der Waals surface area contributed by atoms with Gasteiger partial charge in [-0.1, -0.05) is 0 Å². The molecule has 0 N–H and O–H groups in total. The zero-order valence-electron chi connectivity index (χ0n) is 7.02. The maximum absolute atomic E-state index is 5.97. The molecule has 0 saturated carbocycles. The first-order valence-electron chi connectivity index (χ1n) is 3.89. The van der Waals surface area contributed by atoms with Gasteiger partial charge in [-0.3, -0.25) is 4.90 Å². The smallest absolute Gasteiger partial charge is 0.0475 e. The number of hydrogen-bond donors (Lipinski definition) is 0. The molecule has 1 heterocycles. The average Bonchev–Trinajstić information content (AvgIpc) is 2.11. The van der Waals surface area contributed by atoms with Gasteiger partial charge >= 0.3 is 0 Å². The van der Waals surface area contributed by atoms with Gasteiger partial charge in [0.05, 0.1) is 0 Å². The minimum Gasteiger partial charge on any atom is -0.297 e. The first-order chi connectivity index (χ1) is 4.50. The van der Waals surface area contributed by atoms with Crippen LogP contribution in [-0.4, -0.2) is 28.9 Å².